The number of benzene rings is 1. The standard InChI is InChI=1S/C13H17NO4S/c1-3-19(16,17)12-8-14(9-12)13(15)10-4-6-11(18-2)7-5-10/h4-7,12H,3,8-9H2,1-2H3. The van der Waals surface area contributed by atoms with Gasteiger partial charge in [0.25, 0.3) is 5.91 Å². The molecule has 19 heavy (non-hydrogen) atoms. The van der Waals surface area contributed by atoms with E-state index >= 15 is 0 Å². The number of amides is 1. The first-order chi connectivity index (χ1) is 8.97. The van der Waals surface area contributed by atoms with Crippen molar-refractivity contribution in [3.8, 4) is 5.75 Å². The molecule has 1 aromatic rings. The van der Waals surface area contributed by atoms with Crippen molar-refractivity contribution in [1.82, 2.24) is 4.90 Å². The minimum Gasteiger partial charge on any atom is -0.497 e. The molecule has 1 amide bonds. The molecular formula is C13H17NO4S. The zero-order valence-electron chi connectivity index (χ0n) is 11.0. The lowest BCUT2D eigenvalue weighted by atomic mass is 10.1. The molecule has 1 saturated heterocycles. The number of ether oxygens (including phenoxy) is 1. The summed E-state index contributed by atoms with van der Waals surface area (Å²) in [4.78, 5) is 13.6. The Morgan fingerprint density at radius 2 is 1.89 bits per heavy atom. The predicted octanol–water partition coefficient (Wildman–Crippen LogP) is 0.954. The van der Waals surface area contributed by atoms with Gasteiger partial charge in [-0.25, -0.2) is 8.42 Å². The maximum atomic E-state index is 12.1. The van der Waals surface area contributed by atoms with Gasteiger partial charge in [-0.1, -0.05) is 6.92 Å². The van der Waals surface area contributed by atoms with Crippen LogP contribution in [0.1, 0.15) is 17.3 Å². The van der Waals surface area contributed by atoms with Gasteiger partial charge in [0, 0.05) is 24.4 Å². The van der Waals surface area contributed by atoms with Crippen molar-refractivity contribution in [3.63, 3.8) is 0 Å². The molecule has 0 unspecified atom stereocenters. The van der Waals surface area contributed by atoms with Gasteiger partial charge in [0.15, 0.2) is 9.84 Å². The van der Waals surface area contributed by atoms with Gasteiger partial charge in [0.2, 0.25) is 0 Å². The topological polar surface area (TPSA) is 63.7 Å². The third-order valence-electron chi connectivity index (χ3n) is 3.38. The largest absolute Gasteiger partial charge is 0.497 e. The van der Waals surface area contributed by atoms with Crippen LogP contribution >= 0.6 is 0 Å². The third kappa shape index (κ3) is 2.73. The van der Waals surface area contributed by atoms with Crippen LogP contribution in [0, 0.1) is 0 Å². The number of nitrogens with zero attached hydrogens (tertiary/aromatic N) is 1. The molecule has 6 heteroatoms. The number of carbonyl (C=O) groups excluding carboxylic acids is 1. The number of sulfone groups is 1. The van der Waals surface area contributed by atoms with E-state index in [0.717, 1.165) is 0 Å². The number of hydrogen-bond acceptors (Lipinski definition) is 4. The molecule has 1 aliphatic heterocycles. The Morgan fingerprint density at radius 3 is 2.37 bits per heavy atom. The van der Waals surface area contributed by atoms with E-state index in [-0.39, 0.29) is 11.7 Å². The van der Waals surface area contributed by atoms with Gasteiger partial charge >= 0.3 is 0 Å². The van der Waals surface area contributed by atoms with Crippen molar-refractivity contribution < 1.29 is 17.9 Å². The highest BCUT2D eigenvalue weighted by molar-refractivity contribution is 7.92. The molecular weight excluding hydrogens is 266 g/mol. The van der Waals surface area contributed by atoms with Crippen LogP contribution in [-0.4, -0.2) is 50.4 Å². The normalized spacial score (nSPS) is 16.0. The molecule has 104 valence electrons. The van der Waals surface area contributed by atoms with E-state index < -0.39 is 15.1 Å². The summed E-state index contributed by atoms with van der Waals surface area (Å²) in [6.45, 7) is 2.21. The zero-order chi connectivity index (χ0) is 14.0. The fraction of sp³-hybridized carbons (Fsp3) is 0.462. The SMILES string of the molecule is CCS(=O)(=O)C1CN(C(=O)c2ccc(OC)cc2)C1. The van der Waals surface area contributed by atoms with E-state index in [1.807, 2.05) is 0 Å². The van der Waals surface area contributed by atoms with E-state index in [2.05, 4.69) is 0 Å². The highest BCUT2D eigenvalue weighted by Crippen LogP contribution is 2.21. The highest BCUT2D eigenvalue weighted by atomic mass is 32.2. The quantitative estimate of drug-likeness (QED) is 0.825. The summed E-state index contributed by atoms with van der Waals surface area (Å²) < 4.78 is 28.3. The Morgan fingerprint density at radius 1 is 1.32 bits per heavy atom. The molecule has 0 aromatic heterocycles. The Kier molecular flexibility index (Phi) is 3.80. The van der Waals surface area contributed by atoms with Crippen LogP contribution in [0.3, 0.4) is 0 Å². The van der Waals surface area contributed by atoms with Crippen LogP contribution in [0.15, 0.2) is 24.3 Å². The van der Waals surface area contributed by atoms with Crippen LogP contribution in [0.4, 0.5) is 0 Å². The maximum Gasteiger partial charge on any atom is 0.253 e. The van der Waals surface area contributed by atoms with Crippen LogP contribution < -0.4 is 4.74 Å². The molecule has 0 spiro atoms. The van der Waals surface area contributed by atoms with Crippen LogP contribution in [0.2, 0.25) is 0 Å². The minimum atomic E-state index is -3.03. The summed E-state index contributed by atoms with van der Waals surface area (Å²) in [6.07, 6.45) is 0. The Labute approximate surface area is 113 Å². The Balaban J connectivity index is 1.99. The summed E-state index contributed by atoms with van der Waals surface area (Å²) in [6, 6.07) is 6.80. The van der Waals surface area contributed by atoms with E-state index in [0.29, 0.717) is 24.4 Å². The maximum absolute atomic E-state index is 12.1. The second kappa shape index (κ2) is 5.21. The molecule has 2 rings (SSSR count). The second-order valence-corrected chi connectivity index (χ2v) is 7.08. The number of hydrogen-bond donors (Lipinski definition) is 0. The van der Waals surface area contributed by atoms with Crippen molar-refractivity contribution in [2.24, 2.45) is 0 Å². The fourth-order valence-electron chi connectivity index (χ4n) is 1.98. The van der Waals surface area contributed by atoms with Gasteiger partial charge in [-0.3, -0.25) is 4.79 Å². The van der Waals surface area contributed by atoms with Gasteiger partial charge < -0.3 is 9.64 Å². The van der Waals surface area contributed by atoms with Crippen molar-refractivity contribution in [2.45, 2.75) is 12.2 Å². The van der Waals surface area contributed by atoms with Crippen LogP contribution in [0.5, 0.6) is 5.75 Å². The lowest BCUT2D eigenvalue weighted by Gasteiger charge is -2.38. The molecule has 0 aliphatic carbocycles. The van der Waals surface area contributed by atoms with Crippen molar-refractivity contribution in [1.29, 1.82) is 0 Å². The molecule has 0 radical (unpaired) electrons. The second-order valence-electron chi connectivity index (χ2n) is 4.51. The molecule has 0 atom stereocenters. The molecule has 0 bridgehead atoms. The molecule has 1 heterocycles. The molecule has 5 nitrogen and oxygen atoms in total. The van der Waals surface area contributed by atoms with E-state index in [4.69, 9.17) is 4.74 Å². The van der Waals surface area contributed by atoms with Gasteiger partial charge in [0.1, 0.15) is 5.75 Å². The third-order valence-corrected chi connectivity index (χ3v) is 5.50. The van der Waals surface area contributed by atoms with Gasteiger partial charge in [0.05, 0.1) is 12.4 Å². The van der Waals surface area contributed by atoms with Crippen LogP contribution in [-0.2, 0) is 9.84 Å². The van der Waals surface area contributed by atoms with Gasteiger partial charge in [-0.05, 0) is 24.3 Å². The van der Waals surface area contributed by atoms with Gasteiger partial charge in [-0.2, -0.15) is 0 Å². The smallest absolute Gasteiger partial charge is 0.253 e. The lowest BCUT2D eigenvalue weighted by molar-refractivity contribution is 0.0659. The van der Waals surface area contributed by atoms with Crippen molar-refractivity contribution in [3.05, 3.63) is 29.8 Å². The summed E-state index contributed by atoms with van der Waals surface area (Å²) in [5.41, 5.74) is 0.549. The fourth-order valence-corrected chi connectivity index (χ4v) is 3.27. The molecule has 1 aliphatic rings. The van der Waals surface area contributed by atoms with E-state index in [1.165, 1.54) is 0 Å². The monoisotopic (exact) mass is 283 g/mol. The molecule has 0 N–H and O–H groups in total. The van der Waals surface area contributed by atoms with Crippen molar-refractivity contribution >= 4 is 15.7 Å². The van der Waals surface area contributed by atoms with Crippen molar-refractivity contribution in [2.75, 3.05) is 26.0 Å². The number of rotatable bonds is 4. The average molecular weight is 283 g/mol. The summed E-state index contributed by atoms with van der Waals surface area (Å²) >= 11 is 0. The average Bonchev–Trinajstić information content (AvgIpc) is 2.36. The summed E-state index contributed by atoms with van der Waals surface area (Å²) in [5.74, 6) is 0.680. The van der Waals surface area contributed by atoms with E-state index in [1.54, 1.807) is 43.2 Å². The van der Waals surface area contributed by atoms with Gasteiger partial charge in [-0.15, -0.1) is 0 Å². The summed E-state index contributed by atoms with van der Waals surface area (Å²) in [5, 5.41) is -0.403. The zero-order valence-corrected chi connectivity index (χ0v) is 11.8. The molecule has 0 saturated carbocycles. The Bertz CT molecular complexity index is 559. The first kappa shape index (κ1) is 13.9. The number of carbonyl (C=O) groups is 1. The highest BCUT2D eigenvalue weighted by Gasteiger charge is 2.38. The first-order valence-corrected chi connectivity index (χ1v) is 7.84. The molecule has 1 aromatic carbocycles. The predicted molar refractivity (Wildman–Crippen MR) is 72.1 cm³/mol. The lowest BCUT2D eigenvalue weighted by Crippen LogP contribution is -2.57. The minimum absolute atomic E-state index is 0.127. The molecule has 1 fully saturated rings. The number of methoxy groups -OCH3 is 1. The number of likely N-dealkylation sites (tertiary alicyclic amines) is 1. The first-order valence-electron chi connectivity index (χ1n) is 6.13. The summed E-state index contributed by atoms with van der Waals surface area (Å²) in [7, 11) is -1.47. The van der Waals surface area contributed by atoms with E-state index in [9.17, 15) is 13.2 Å². The van der Waals surface area contributed by atoms with Crippen LogP contribution in [0.25, 0.3) is 0 Å². The Hall–Kier alpha value is -1.56.